The first-order chi connectivity index (χ1) is 18.2. The zero-order valence-electron chi connectivity index (χ0n) is 25.4. The molecule has 0 spiro atoms. The standard InChI is InChI=1S/C30H52N2O6S2/c1-19(2)20-10-15-30(18-37-39(31,33)34)17-16-28(6)21(25(20)30)8-9-23-27(5)13-12-24(38-40(32,35)36)26(3,4)22(27)11-14-29(23,28)7/h20-25H,1,8-18H2,2-7H3,(H2,31,33,34)(H2,32,35,36)/t20-,21?,22?,23+,24-,25?,27-,28+,29+,30+/m0/s1. The van der Waals surface area contributed by atoms with E-state index in [9.17, 15) is 16.8 Å². The van der Waals surface area contributed by atoms with Crippen molar-refractivity contribution in [3.8, 4) is 0 Å². The Kier molecular flexibility index (Phi) is 7.33. The average molecular weight is 601 g/mol. The third-order valence-electron chi connectivity index (χ3n) is 13.9. The summed E-state index contributed by atoms with van der Waals surface area (Å²) < 4.78 is 58.4. The summed E-state index contributed by atoms with van der Waals surface area (Å²) in [7, 11) is -8.02. The maximum Gasteiger partial charge on any atom is 0.333 e. The fourth-order valence-corrected chi connectivity index (χ4v) is 13.1. The van der Waals surface area contributed by atoms with Crippen LogP contribution in [0.2, 0.25) is 0 Å². The molecule has 0 heterocycles. The number of nitrogens with two attached hydrogens (primary N) is 2. The molecule has 0 bridgehead atoms. The molecule has 0 aromatic rings. The van der Waals surface area contributed by atoms with Crippen LogP contribution in [0.15, 0.2) is 12.2 Å². The molecule has 10 atom stereocenters. The molecular formula is C30H52N2O6S2. The van der Waals surface area contributed by atoms with Gasteiger partial charge in [-0.15, -0.1) is 0 Å². The quantitative estimate of drug-likeness (QED) is 0.389. The summed E-state index contributed by atoms with van der Waals surface area (Å²) in [5, 5.41) is 10.6. The van der Waals surface area contributed by atoms with E-state index < -0.39 is 26.7 Å². The summed E-state index contributed by atoms with van der Waals surface area (Å²) in [5.41, 5.74) is 1.02. The summed E-state index contributed by atoms with van der Waals surface area (Å²) in [5.74, 6) is 2.03. The summed E-state index contributed by atoms with van der Waals surface area (Å²) in [6.45, 7) is 18.6. The molecule has 0 amide bonds. The second-order valence-corrected chi connectivity index (χ2v) is 18.1. The first-order valence-corrected chi connectivity index (χ1v) is 18.2. The van der Waals surface area contributed by atoms with Gasteiger partial charge in [0.25, 0.3) is 0 Å². The fraction of sp³-hybridized carbons (Fsp3) is 0.933. The Labute approximate surface area is 242 Å². The van der Waals surface area contributed by atoms with Crippen molar-refractivity contribution in [2.75, 3.05) is 6.61 Å². The largest absolute Gasteiger partial charge is 0.333 e. The van der Waals surface area contributed by atoms with Gasteiger partial charge < -0.3 is 0 Å². The van der Waals surface area contributed by atoms with Gasteiger partial charge in [-0.3, -0.25) is 8.37 Å². The molecule has 40 heavy (non-hydrogen) atoms. The zero-order valence-corrected chi connectivity index (χ0v) is 27.0. The highest BCUT2D eigenvalue weighted by Crippen LogP contribution is 2.77. The third kappa shape index (κ3) is 4.57. The minimum atomic E-state index is -4.02. The predicted molar refractivity (Wildman–Crippen MR) is 156 cm³/mol. The topological polar surface area (TPSA) is 139 Å². The lowest BCUT2D eigenvalue weighted by Gasteiger charge is -2.73. The summed E-state index contributed by atoms with van der Waals surface area (Å²) in [4.78, 5) is 0. The van der Waals surface area contributed by atoms with E-state index in [2.05, 4.69) is 48.1 Å². The van der Waals surface area contributed by atoms with Gasteiger partial charge in [-0.05, 0) is 128 Å². The van der Waals surface area contributed by atoms with Crippen molar-refractivity contribution in [2.24, 2.45) is 66.9 Å². The van der Waals surface area contributed by atoms with Gasteiger partial charge in [0.1, 0.15) is 0 Å². The maximum atomic E-state index is 11.9. The van der Waals surface area contributed by atoms with Crippen LogP contribution in [-0.2, 0) is 29.0 Å². The second-order valence-electron chi connectivity index (χ2n) is 15.7. The number of allylic oxidation sites excluding steroid dienone is 1. The number of fused-ring (bicyclic) bond motifs is 7. The highest BCUT2D eigenvalue weighted by molar-refractivity contribution is 7.84. The van der Waals surface area contributed by atoms with Gasteiger partial charge in [0.2, 0.25) is 0 Å². The lowest BCUT2D eigenvalue weighted by Crippen LogP contribution is -2.67. The van der Waals surface area contributed by atoms with E-state index in [-0.39, 0.29) is 33.7 Å². The van der Waals surface area contributed by atoms with E-state index in [0.29, 0.717) is 36.0 Å². The van der Waals surface area contributed by atoms with E-state index in [1.807, 2.05) is 0 Å². The predicted octanol–water partition coefficient (Wildman–Crippen LogP) is 5.45. The van der Waals surface area contributed by atoms with Crippen LogP contribution in [0.25, 0.3) is 0 Å². The van der Waals surface area contributed by atoms with Crippen LogP contribution < -0.4 is 10.3 Å². The van der Waals surface area contributed by atoms with Gasteiger partial charge in [0.05, 0.1) is 12.7 Å². The average Bonchev–Trinajstić information content (AvgIpc) is 3.19. The van der Waals surface area contributed by atoms with Crippen LogP contribution in [-0.4, -0.2) is 29.5 Å². The minimum Gasteiger partial charge on any atom is -0.258 e. The van der Waals surface area contributed by atoms with Gasteiger partial charge >= 0.3 is 20.6 Å². The Morgan fingerprint density at radius 1 is 0.800 bits per heavy atom. The van der Waals surface area contributed by atoms with Crippen molar-refractivity contribution in [1.82, 2.24) is 0 Å². The van der Waals surface area contributed by atoms with Crippen LogP contribution in [0.5, 0.6) is 0 Å². The SMILES string of the molecule is C=C(C)[C@@H]1CC[C@]2(COS(N)(=O)=O)CC[C@]3(C)C(CC[C@@H]4[C@@]5(C)CC[C@H](OS(N)(=O)=O)C(C)(C)C5CC[C@]43C)C12. The van der Waals surface area contributed by atoms with Gasteiger partial charge in [-0.2, -0.15) is 16.8 Å². The molecule has 5 aliphatic rings. The van der Waals surface area contributed by atoms with Gasteiger partial charge in [-0.25, -0.2) is 10.3 Å². The fourth-order valence-electron chi connectivity index (χ4n) is 12.0. The molecule has 0 aromatic carbocycles. The van der Waals surface area contributed by atoms with Crippen LogP contribution in [0.1, 0.15) is 106 Å². The van der Waals surface area contributed by atoms with Crippen LogP contribution in [0.4, 0.5) is 0 Å². The third-order valence-corrected chi connectivity index (χ3v) is 14.9. The van der Waals surface area contributed by atoms with Crippen molar-refractivity contribution >= 4 is 20.6 Å². The Morgan fingerprint density at radius 3 is 2.08 bits per heavy atom. The zero-order chi connectivity index (χ0) is 29.7. The molecule has 8 nitrogen and oxygen atoms in total. The van der Waals surface area contributed by atoms with Crippen molar-refractivity contribution in [3.05, 3.63) is 12.2 Å². The van der Waals surface area contributed by atoms with Gasteiger partial charge in [0, 0.05) is 0 Å². The minimum absolute atomic E-state index is 0.0808. The van der Waals surface area contributed by atoms with E-state index in [4.69, 9.17) is 18.6 Å². The normalized spacial score (nSPS) is 48.4. The van der Waals surface area contributed by atoms with Crippen LogP contribution >= 0.6 is 0 Å². The monoisotopic (exact) mass is 600 g/mol. The Bertz CT molecular complexity index is 1270. The maximum absolute atomic E-state index is 11.9. The Morgan fingerprint density at radius 2 is 1.48 bits per heavy atom. The van der Waals surface area contributed by atoms with E-state index in [1.165, 1.54) is 5.57 Å². The van der Waals surface area contributed by atoms with Crippen molar-refractivity contribution in [3.63, 3.8) is 0 Å². The molecule has 10 heteroatoms. The second kappa shape index (κ2) is 9.49. The molecule has 5 saturated carbocycles. The molecule has 0 aromatic heterocycles. The molecule has 3 unspecified atom stereocenters. The van der Waals surface area contributed by atoms with Crippen molar-refractivity contribution in [1.29, 1.82) is 0 Å². The molecular weight excluding hydrogens is 548 g/mol. The van der Waals surface area contributed by atoms with E-state index in [1.54, 1.807) is 0 Å². The van der Waals surface area contributed by atoms with E-state index >= 15 is 0 Å². The van der Waals surface area contributed by atoms with Gasteiger partial charge in [0.15, 0.2) is 0 Å². The van der Waals surface area contributed by atoms with Crippen LogP contribution in [0, 0.1) is 56.7 Å². The molecule has 4 N–H and O–H groups in total. The first kappa shape index (κ1) is 30.9. The number of rotatable bonds is 6. The Hall–Kier alpha value is -0.520. The van der Waals surface area contributed by atoms with Crippen molar-refractivity contribution < 1.29 is 25.2 Å². The lowest BCUT2D eigenvalue weighted by molar-refractivity contribution is -0.247. The summed E-state index contributed by atoms with van der Waals surface area (Å²) in [6.07, 6.45) is 9.59. The molecule has 5 aliphatic carbocycles. The highest BCUT2D eigenvalue weighted by atomic mass is 32.2. The molecule has 0 saturated heterocycles. The van der Waals surface area contributed by atoms with E-state index in [0.717, 1.165) is 57.8 Å². The Balaban J connectivity index is 1.49. The molecule has 5 fully saturated rings. The highest BCUT2D eigenvalue weighted by Gasteiger charge is 2.71. The molecule has 0 radical (unpaired) electrons. The molecule has 230 valence electrons. The summed E-state index contributed by atoms with van der Waals surface area (Å²) >= 11 is 0. The summed E-state index contributed by atoms with van der Waals surface area (Å²) in [6, 6.07) is 0. The number of hydrogen-bond donors (Lipinski definition) is 2. The first-order valence-electron chi connectivity index (χ1n) is 15.2. The smallest absolute Gasteiger partial charge is 0.258 e. The molecule has 5 rings (SSSR count). The number of hydrogen-bond acceptors (Lipinski definition) is 6. The van der Waals surface area contributed by atoms with Gasteiger partial charge in [-0.1, -0.05) is 46.8 Å². The lowest BCUT2D eigenvalue weighted by atomic mass is 9.32. The van der Waals surface area contributed by atoms with Crippen molar-refractivity contribution in [2.45, 2.75) is 112 Å². The van der Waals surface area contributed by atoms with Crippen LogP contribution in [0.3, 0.4) is 0 Å². The molecule has 0 aliphatic heterocycles.